The highest BCUT2D eigenvalue weighted by atomic mass is 16.7. The summed E-state index contributed by atoms with van der Waals surface area (Å²) in [5.74, 6) is 0. The topological polar surface area (TPSA) is 45.1 Å². The standard InChI is InChI=1S/C14H19N3O2/c1-16(2)14(18)19-15-11-12-5-7-13(8-6-12)17-9-3-4-10-17/h5-8,11H,3-4,9-10H2,1-2H3. The Balaban J connectivity index is 1.91. The number of rotatable bonds is 3. The van der Waals surface area contributed by atoms with Crippen molar-refractivity contribution in [2.24, 2.45) is 5.16 Å². The van der Waals surface area contributed by atoms with Crippen molar-refractivity contribution in [2.45, 2.75) is 12.8 Å². The fourth-order valence-corrected chi connectivity index (χ4v) is 1.96. The summed E-state index contributed by atoms with van der Waals surface area (Å²) in [4.78, 5) is 19.5. The Hall–Kier alpha value is -2.04. The lowest BCUT2D eigenvalue weighted by atomic mass is 10.2. The van der Waals surface area contributed by atoms with Crippen LogP contribution >= 0.6 is 0 Å². The molecule has 1 saturated heterocycles. The monoisotopic (exact) mass is 261 g/mol. The molecule has 1 heterocycles. The van der Waals surface area contributed by atoms with Crippen LogP contribution in [0.15, 0.2) is 29.4 Å². The van der Waals surface area contributed by atoms with Gasteiger partial charge in [-0.25, -0.2) is 4.79 Å². The van der Waals surface area contributed by atoms with E-state index in [4.69, 9.17) is 0 Å². The summed E-state index contributed by atoms with van der Waals surface area (Å²) in [5, 5.41) is 3.66. The minimum absolute atomic E-state index is 0.482. The molecule has 0 atom stereocenters. The molecule has 1 amide bonds. The Bertz CT molecular complexity index is 448. The van der Waals surface area contributed by atoms with Gasteiger partial charge in [-0.2, -0.15) is 0 Å². The maximum atomic E-state index is 11.1. The Morgan fingerprint density at radius 3 is 2.47 bits per heavy atom. The third-order valence-electron chi connectivity index (χ3n) is 3.06. The first kappa shape index (κ1) is 13.4. The average molecular weight is 261 g/mol. The first-order valence-electron chi connectivity index (χ1n) is 6.43. The van der Waals surface area contributed by atoms with Gasteiger partial charge in [0.15, 0.2) is 0 Å². The summed E-state index contributed by atoms with van der Waals surface area (Å²) < 4.78 is 0. The van der Waals surface area contributed by atoms with Crippen LogP contribution in [0.4, 0.5) is 10.5 Å². The number of hydrogen-bond donors (Lipinski definition) is 0. The summed E-state index contributed by atoms with van der Waals surface area (Å²) in [6.07, 6.45) is 3.59. The van der Waals surface area contributed by atoms with E-state index in [2.05, 4.69) is 27.0 Å². The molecular formula is C14H19N3O2. The summed E-state index contributed by atoms with van der Waals surface area (Å²) in [5.41, 5.74) is 2.15. The van der Waals surface area contributed by atoms with Gasteiger partial charge in [-0.05, 0) is 30.5 Å². The number of carbonyl (C=O) groups is 1. The van der Waals surface area contributed by atoms with E-state index in [1.807, 2.05) is 12.1 Å². The molecule has 0 bridgehead atoms. The van der Waals surface area contributed by atoms with Gasteiger partial charge in [0.1, 0.15) is 0 Å². The second-order valence-electron chi connectivity index (χ2n) is 4.77. The Kier molecular flexibility index (Phi) is 4.39. The van der Waals surface area contributed by atoms with Gasteiger partial charge in [-0.1, -0.05) is 17.3 Å². The average Bonchev–Trinajstić information content (AvgIpc) is 2.93. The van der Waals surface area contributed by atoms with Crippen LogP contribution in [0.1, 0.15) is 18.4 Å². The zero-order chi connectivity index (χ0) is 13.7. The van der Waals surface area contributed by atoms with E-state index < -0.39 is 6.09 Å². The lowest BCUT2D eigenvalue weighted by Gasteiger charge is -2.17. The molecule has 5 heteroatoms. The molecule has 0 radical (unpaired) electrons. The van der Waals surface area contributed by atoms with Crippen LogP contribution in [0.25, 0.3) is 0 Å². The number of benzene rings is 1. The summed E-state index contributed by atoms with van der Waals surface area (Å²) >= 11 is 0. The van der Waals surface area contributed by atoms with Crippen molar-refractivity contribution in [1.82, 2.24) is 4.90 Å². The van der Waals surface area contributed by atoms with Crippen molar-refractivity contribution in [3.63, 3.8) is 0 Å². The minimum Gasteiger partial charge on any atom is -0.372 e. The molecule has 5 nitrogen and oxygen atoms in total. The smallest absolute Gasteiger partial charge is 0.372 e. The molecule has 102 valence electrons. The number of hydrogen-bond acceptors (Lipinski definition) is 4. The van der Waals surface area contributed by atoms with E-state index in [1.165, 1.54) is 29.6 Å². The Morgan fingerprint density at radius 1 is 1.26 bits per heavy atom. The molecule has 0 aromatic heterocycles. The highest BCUT2D eigenvalue weighted by molar-refractivity contribution is 5.80. The van der Waals surface area contributed by atoms with Crippen LogP contribution in [0.2, 0.25) is 0 Å². The van der Waals surface area contributed by atoms with Crippen molar-refractivity contribution in [1.29, 1.82) is 0 Å². The van der Waals surface area contributed by atoms with Gasteiger partial charge in [0.25, 0.3) is 0 Å². The molecule has 2 rings (SSSR count). The molecule has 1 aliphatic rings. The fourth-order valence-electron chi connectivity index (χ4n) is 1.96. The van der Waals surface area contributed by atoms with Gasteiger partial charge in [-0.15, -0.1) is 0 Å². The van der Waals surface area contributed by atoms with Gasteiger partial charge in [-0.3, -0.25) is 4.84 Å². The van der Waals surface area contributed by atoms with Gasteiger partial charge in [0.05, 0.1) is 6.21 Å². The minimum atomic E-state index is -0.482. The normalized spacial score (nSPS) is 14.9. The van der Waals surface area contributed by atoms with Crippen LogP contribution in [0, 0.1) is 0 Å². The Labute approximate surface area is 113 Å². The highest BCUT2D eigenvalue weighted by Gasteiger charge is 2.11. The van der Waals surface area contributed by atoms with Crippen LogP contribution in [-0.2, 0) is 4.84 Å². The van der Waals surface area contributed by atoms with Crippen molar-refractivity contribution < 1.29 is 9.63 Å². The van der Waals surface area contributed by atoms with Crippen molar-refractivity contribution in [3.8, 4) is 0 Å². The maximum Gasteiger partial charge on any atom is 0.435 e. The van der Waals surface area contributed by atoms with E-state index in [0.717, 1.165) is 18.7 Å². The van der Waals surface area contributed by atoms with E-state index >= 15 is 0 Å². The third-order valence-corrected chi connectivity index (χ3v) is 3.06. The molecule has 19 heavy (non-hydrogen) atoms. The van der Waals surface area contributed by atoms with Crippen LogP contribution in [0.3, 0.4) is 0 Å². The molecular weight excluding hydrogens is 242 g/mol. The second-order valence-corrected chi connectivity index (χ2v) is 4.77. The van der Waals surface area contributed by atoms with Crippen molar-refractivity contribution in [2.75, 3.05) is 32.1 Å². The fraction of sp³-hybridized carbons (Fsp3) is 0.429. The summed E-state index contributed by atoms with van der Waals surface area (Å²) in [6.45, 7) is 2.27. The summed E-state index contributed by atoms with van der Waals surface area (Å²) in [7, 11) is 3.23. The number of carbonyl (C=O) groups excluding carboxylic acids is 1. The van der Waals surface area contributed by atoms with Crippen LogP contribution in [0.5, 0.6) is 0 Å². The van der Waals surface area contributed by atoms with E-state index in [-0.39, 0.29) is 0 Å². The largest absolute Gasteiger partial charge is 0.435 e. The first-order valence-corrected chi connectivity index (χ1v) is 6.43. The zero-order valence-electron chi connectivity index (χ0n) is 11.4. The summed E-state index contributed by atoms with van der Waals surface area (Å²) in [6, 6.07) is 8.09. The van der Waals surface area contributed by atoms with E-state index in [0.29, 0.717) is 0 Å². The van der Waals surface area contributed by atoms with Gasteiger partial charge in [0.2, 0.25) is 0 Å². The zero-order valence-corrected chi connectivity index (χ0v) is 11.4. The predicted molar refractivity (Wildman–Crippen MR) is 75.7 cm³/mol. The molecule has 1 fully saturated rings. The number of amides is 1. The SMILES string of the molecule is CN(C)C(=O)ON=Cc1ccc(N2CCCC2)cc1. The van der Waals surface area contributed by atoms with Gasteiger partial charge >= 0.3 is 6.09 Å². The predicted octanol–water partition coefficient (Wildman–Crippen LogP) is 2.32. The Morgan fingerprint density at radius 2 is 1.89 bits per heavy atom. The third kappa shape index (κ3) is 3.71. The lowest BCUT2D eigenvalue weighted by Crippen LogP contribution is -2.20. The molecule has 0 saturated carbocycles. The van der Waals surface area contributed by atoms with Crippen molar-refractivity contribution in [3.05, 3.63) is 29.8 Å². The molecule has 0 unspecified atom stereocenters. The number of nitrogens with zero attached hydrogens (tertiary/aromatic N) is 3. The van der Waals surface area contributed by atoms with E-state index in [9.17, 15) is 4.79 Å². The molecule has 1 aliphatic heterocycles. The molecule has 1 aromatic rings. The first-order chi connectivity index (χ1) is 9.16. The van der Waals surface area contributed by atoms with Crippen LogP contribution in [-0.4, -0.2) is 44.4 Å². The number of anilines is 1. The maximum absolute atomic E-state index is 11.1. The second kappa shape index (κ2) is 6.22. The van der Waals surface area contributed by atoms with Gasteiger partial charge < -0.3 is 9.80 Å². The van der Waals surface area contributed by atoms with Crippen molar-refractivity contribution >= 4 is 18.0 Å². The van der Waals surface area contributed by atoms with E-state index in [1.54, 1.807) is 14.1 Å². The lowest BCUT2D eigenvalue weighted by molar-refractivity contribution is 0.123. The molecule has 1 aromatic carbocycles. The van der Waals surface area contributed by atoms with Crippen LogP contribution < -0.4 is 4.90 Å². The molecule has 0 spiro atoms. The van der Waals surface area contributed by atoms with Gasteiger partial charge in [0, 0.05) is 32.9 Å². The quantitative estimate of drug-likeness (QED) is 0.476. The highest BCUT2D eigenvalue weighted by Crippen LogP contribution is 2.19. The molecule has 0 aliphatic carbocycles. The molecule has 0 N–H and O–H groups in total. The number of oxime groups is 1.